The molecule has 0 aliphatic carbocycles. The second-order valence-electron chi connectivity index (χ2n) is 3.62. The molecule has 1 aromatic rings. The normalized spacial score (nSPS) is 9.60. The van der Waals surface area contributed by atoms with Crippen molar-refractivity contribution in [3.05, 3.63) is 17.7 Å². The van der Waals surface area contributed by atoms with Crippen LogP contribution in [0.15, 0.2) is 12.1 Å². The zero-order chi connectivity index (χ0) is 15.1. The number of amides is 1. The van der Waals surface area contributed by atoms with Gasteiger partial charge in [0.2, 0.25) is 5.75 Å². The molecule has 0 saturated carbocycles. The Morgan fingerprint density at radius 3 is 2.15 bits per heavy atom. The molecule has 7 nitrogen and oxygen atoms in total. The van der Waals surface area contributed by atoms with Crippen LogP contribution >= 0.6 is 12.2 Å². The van der Waals surface area contributed by atoms with E-state index in [1.54, 1.807) is 12.1 Å². The first-order valence-corrected chi connectivity index (χ1v) is 5.96. The number of benzene rings is 1. The maximum atomic E-state index is 10.9. The quantitative estimate of drug-likeness (QED) is 0.365. The number of nitrogens with one attached hydrogen (secondary N) is 1. The fourth-order valence-corrected chi connectivity index (χ4v) is 1.82. The number of carbonyl (C=O) groups excluding carboxylic acids is 1. The van der Waals surface area contributed by atoms with Crippen LogP contribution in [0.5, 0.6) is 17.2 Å². The lowest BCUT2D eigenvalue weighted by atomic mass is 10.1. The van der Waals surface area contributed by atoms with E-state index < -0.39 is 6.09 Å². The van der Waals surface area contributed by atoms with Crippen molar-refractivity contribution in [1.29, 1.82) is 0 Å². The lowest BCUT2D eigenvalue weighted by molar-refractivity contribution is 0.198. The highest BCUT2D eigenvalue weighted by Crippen LogP contribution is 2.38. The van der Waals surface area contributed by atoms with Crippen LogP contribution in [0.1, 0.15) is 5.56 Å². The van der Waals surface area contributed by atoms with Crippen molar-refractivity contribution >= 4 is 23.4 Å². The van der Waals surface area contributed by atoms with Crippen molar-refractivity contribution in [3.63, 3.8) is 0 Å². The Bertz CT molecular complexity index is 482. The van der Waals surface area contributed by atoms with Crippen LogP contribution in [0, 0.1) is 0 Å². The molecule has 0 unspecified atom stereocenters. The maximum absolute atomic E-state index is 10.9. The van der Waals surface area contributed by atoms with Crippen LogP contribution in [-0.2, 0) is 11.2 Å². The predicted octanol–water partition coefficient (Wildman–Crippen LogP) is 1.18. The van der Waals surface area contributed by atoms with Crippen molar-refractivity contribution in [2.45, 2.75) is 6.42 Å². The molecule has 0 radical (unpaired) electrons. The van der Waals surface area contributed by atoms with Gasteiger partial charge < -0.3 is 18.9 Å². The standard InChI is InChI=1S/C12H16N2O5S/c1-16-8-4-7(5-9(17-2)11(8)18-3)6-10(20)19-12(15)14-13/h4-5H,6,13H2,1-3H3,(H,14,15). The van der Waals surface area contributed by atoms with E-state index in [-0.39, 0.29) is 11.5 Å². The smallest absolute Gasteiger partial charge is 0.427 e. The number of hydrazine groups is 1. The summed E-state index contributed by atoms with van der Waals surface area (Å²) in [6, 6.07) is 3.44. The number of methoxy groups -OCH3 is 3. The summed E-state index contributed by atoms with van der Waals surface area (Å²) in [5.74, 6) is 6.37. The molecular weight excluding hydrogens is 284 g/mol. The summed E-state index contributed by atoms with van der Waals surface area (Å²) in [5, 5.41) is 0.0715. The molecule has 1 amide bonds. The molecule has 0 atom stereocenters. The summed E-state index contributed by atoms with van der Waals surface area (Å²) >= 11 is 4.95. The molecule has 20 heavy (non-hydrogen) atoms. The maximum Gasteiger partial charge on any atom is 0.427 e. The minimum atomic E-state index is -0.817. The molecular formula is C12H16N2O5S. The van der Waals surface area contributed by atoms with Crippen LogP contribution in [-0.4, -0.2) is 32.5 Å². The van der Waals surface area contributed by atoms with E-state index in [9.17, 15) is 4.79 Å². The minimum Gasteiger partial charge on any atom is -0.493 e. The van der Waals surface area contributed by atoms with E-state index in [1.807, 2.05) is 5.43 Å². The monoisotopic (exact) mass is 300 g/mol. The number of carbonyl (C=O) groups is 1. The molecule has 0 fully saturated rings. The number of hydrogen-bond acceptors (Lipinski definition) is 7. The summed E-state index contributed by atoms with van der Waals surface area (Å²) in [6.45, 7) is 0. The second-order valence-corrected chi connectivity index (χ2v) is 4.07. The van der Waals surface area contributed by atoms with Gasteiger partial charge >= 0.3 is 6.09 Å². The van der Waals surface area contributed by atoms with Gasteiger partial charge in [-0.3, -0.25) is 5.43 Å². The van der Waals surface area contributed by atoms with Gasteiger partial charge in [-0.25, -0.2) is 10.6 Å². The number of rotatable bonds is 5. The van der Waals surface area contributed by atoms with E-state index in [4.69, 9.17) is 37.0 Å². The number of ether oxygens (including phenoxy) is 4. The Kier molecular flexibility index (Phi) is 6.01. The molecule has 0 aliphatic rings. The minimum absolute atomic E-state index is 0.0715. The number of thiocarbonyl (C=S) groups is 1. The summed E-state index contributed by atoms with van der Waals surface area (Å²) in [4.78, 5) is 10.9. The largest absolute Gasteiger partial charge is 0.493 e. The molecule has 0 spiro atoms. The Hall–Kier alpha value is -2.06. The van der Waals surface area contributed by atoms with Crippen molar-refractivity contribution in [2.24, 2.45) is 5.84 Å². The molecule has 110 valence electrons. The fraction of sp³-hybridized carbons (Fsp3) is 0.333. The molecule has 0 saturated heterocycles. The molecule has 8 heteroatoms. The summed E-state index contributed by atoms with van der Waals surface area (Å²) in [7, 11) is 4.54. The second kappa shape index (κ2) is 7.51. The highest BCUT2D eigenvalue weighted by molar-refractivity contribution is 7.80. The number of hydrogen-bond donors (Lipinski definition) is 2. The SMILES string of the molecule is COc1cc(CC(=S)OC(=O)NN)cc(OC)c1OC. The van der Waals surface area contributed by atoms with E-state index in [0.29, 0.717) is 17.2 Å². The predicted molar refractivity (Wildman–Crippen MR) is 76.2 cm³/mol. The van der Waals surface area contributed by atoms with E-state index >= 15 is 0 Å². The first-order chi connectivity index (χ1) is 9.55. The zero-order valence-corrected chi connectivity index (χ0v) is 12.2. The van der Waals surface area contributed by atoms with Crippen molar-refractivity contribution in [1.82, 2.24) is 5.43 Å². The van der Waals surface area contributed by atoms with Gasteiger partial charge in [0.15, 0.2) is 16.5 Å². The zero-order valence-electron chi connectivity index (χ0n) is 11.4. The van der Waals surface area contributed by atoms with Gasteiger partial charge in [0, 0.05) is 6.42 Å². The molecule has 0 heterocycles. The molecule has 0 aromatic heterocycles. The molecule has 0 aliphatic heterocycles. The van der Waals surface area contributed by atoms with Gasteiger partial charge in [0.25, 0.3) is 0 Å². The third kappa shape index (κ3) is 3.97. The van der Waals surface area contributed by atoms with Crippen LogP contribution in [0.3, 0.4) is 0 Å². The van der Waals surface area contributed by atoms with Gasteiger partial charge in [-0.05, 0) is 29.9 Å². The molecule has 1 rings (SSSR count). The van der Waals surface area contributed by atoms with Crippen LogP contribution in [0.2, 0.25) is 0 Å². The van der Waals surface area contributed by atoms with Crippen LogP contribution in [0.25, 0.3) is 0 Å². The summed E-state index contributed by atoms with van der Waals surface area (Å²) < 4.78 is 20.4. The number of nitrogens with two attached hydrogens (primary N) is 1. The van der Waals surface area contributed by atoms with Crippen LogP contribution < -0.4 is 25.5 Å². The van der Waals surface area contributed by atoms with Crippen LogP contribution in [0.4, 0.5) is 4.79 Å². The van der Waals surface area contributed by atoms with Gasteiger partial charge in [-0.1, -0.05) is 0 Å². The third-order valence-corrected chi connectivity index (χ3v) is 2.63. The van der Waals surface area contributed by atoms with E-state index in [2.05, 4.69) is 0 Å². The average molecular weight is 300 g/mol. The first kappa shape index (κ1) is 16.0. The highest BCUT2D eigenvalue weighted by atomic mass is 32.1. The van der Waals surface area contributed by atoms with Gasteiger partial charge in [0.1, 0.15) is 0 Å². The summed E-state index contributed by atoms with van der Waals surface area (Å²) in [5.41, 5.74) is 2.57. The Morgan fingerprint density at radius 1 is 1.20 bits per heavy atom. The lowest BCUT2D eigenvalue weighted by Gasteiger charge is -2.14. The molecule has 0 bridgehead atoms. The highest BCUT2D eigenvalue weighted by Gasteiger charge is 2.15. The topological polar surface area (TPSA) is 92.0 Å². The van der Waals surface area contributed by atoms with Gasteiger partial charge in [0.05, 0.1) is 21.3 Å². The third-order valence-electron chi connectivity index (χ3n) is 2.40. The Balaban J connectivity index is 2.96. The fourth-order valence-electron chi connectivity index (χ4n) is 1.57. The van der Waals surface area contributed by atoms with E-state index in [1.165, 1.54) is 21.3 Å². The Labute approximate surface area is 121 Å². The lowest BCUT2D eigenvalue weighted by Crippen LogP contribution is -2.32. The Morgan fingerprint density at radius 2 is 1.75 bits per heavy atom. The van der Waals surface area contributed by atoms with Gasteiger partial charge in [-0.2, -0.15) is 0 Å². The van der Waals surface area contributed by atoms with Gasteiger partial charge in [-0.15, -0.1) is 0 Å². The average Bonchev–Trinajstić information content (AvgIpc) is 2.45. The van der Waals surface area contributed by atoms with Crippen molar-refractivity contribution in [3.8, 4) is 17.2 Å². The van der Waals surface area contributed by atoms with Crippen molar-refractivity contribution in [2.75, 3.05) is 21.3 Å². The van der Waals surface area contributed by atoms with E-state index in [0.717, 1.165) is 5.56 Å². The van der Waals surface area contributed by atoms with Crippen molar-refractivity contribution < 1.29 is 23.7 Å². The first-order valence-electron chi connectivity index (χ1n) is 5.55. The molecule has 3 N–H and O–H groups in total. The molecule has 1 aromatic carbocycles. The summed E-state index contributed by atoms with van der Waals surface area (Å²) in [6.07, 6.45) is -0.595.